The van der Waals surface area contributed by atoms with Crippen molar-refractivity contribution in [2.45, 2.75) is 19.8 Å². The van der Waals surface area contributed by atoms with Gasteiger partial charge in [-0.05, 0) is 47.8 Å². The van der Waals surface area contributed by atoms with Crippen LogP contribution in [0.4, 0.5) is 0 Å². The molecule has 1 saturated heterocycles. The van der Waals surface area contributed by atoms with E-state index in [1.807, 2.05) is 0 Å². The molecule has 0 aromatic carbocycles. The predicted octanol–water partition coefficient (Wildman–Crippen LogP) is 2.17. The lowest BCUT2D eigenvalue weighted by atomic mass is 9.80. The average Bonchev–Trinajstić information content (AvgIpc) is 2.39. The van der Waals surface area contributed by atoms with Crippen LogP contribution in [0.1, 0.15) is 30.3 Å². The summed E-state index contributed by atoms with van der Waals surface area (Å²) >= 11 is 3.31. The third-order valence-electron chi connectivity index (χ3n) is 3.63. The highest BCUT2D eigenvalue weighted by atomic mass is 79.9. The monoisotopic (exact) mass is 326 g/mol. The zero-order chi connectivity index (χ0) is 14.0. The fourth-order valence-electron chi connectivity index (χ4n) is 2.11. The molecule has 1 N–H and O–H groups in total. The van der Waals surface area contributed by atoms with Crippen molar-refractivity contribution in [1.29, 1.82) is 0 Å². The Bertz CT molecular complexity index is 510. The maximum absolute atomic E-state index is 12.3. The number of carboxylic acids is 1. The molecule has 0 spiro atoms. The molecular formula is C13H15BrN2O3. The standard InChI is InChI=1S/C13H15BrN2O3/c1-13(12(18)19)4-7-16(8-5-13)11(17)10-9(14)3-2-6-15-10/h2-3,6H,4-5,7-8H2,1H3,(H,18,19). The van der Waals surface area contributed by atoms with Crippen LogP contribution in [-0.2, 0) is 4.79 Å². The van der Waals surface area contributed by atoms with Crippen LogP contribution < -0.4 is 0 Å². The lowest BCUT2D eigenvalue weighted by molar-refractivity contribution is -0.150. The van der Waals surface area contributed by atoms with Crippen LogP contribution in [0.25, 0.3) is 0 Å². The number of carbonyl (C=O) groups is 2. The SMILES string of the molecule is CC1(C(=O)O)CCN(C(=O)c2ncccc2Br)CC1. The van der Waals surface area contributed by atoms with Crippen LogP contribution in [0, 0.1) is 5.41 Å². The Hall–Kier alpha value is -1.43. The van der Waals surface area contributed by atoms with E-state index in [0.717, 1.165) is 0 Å². The van der Waals surface area contributed by atoms with Crippen LogP contribution >= 0.6 is 15.9 Å². The van der Waals surface area contributed by atoms with Gasteiger partial charge in [-0.15, -0.1) is 0 Å². The third-order valence-corrected chi connectivity index (χ3v) is 4.27. The van der Waals surface area contributed by atoms with Crippen LogP contribution in [0.3, 0.4) is 0 Å². The minimum Gasteiger partial charge on any atom is -0.481 e. The molecule has 0 saturated carbocycles. The number of pyridine rings is 1. The van der Waals surface area contributed by atoms with Gasteiger partial charge in [0.1, 0.15) is 5.69 Å². The van der Waals surface area contributed by atoms with Crippen molar-refractivity contribution in [3.05, 3.63) is 28.5 Å². The summed E-state index contributed by atoms with van der Waals surface area (Å²) in [6, 6.07) is 3.52. The summed E-state index contributed by atoms with van der Waals surface area (Å²) in [5, 5.41) is 9.16. The van der Waals surface area contributed by atoms with E-state index in [4.69, 9.17) is 5.11 Å². The van der Waals surface area contributed by atoms with Crippen molar-refractivity contribution in [2.24, 2.45) is 5.41 Å². The van der Waals surface area contributed by atoms with Gasteiger partial charge in [0.15, 0.2) is 0 Å². The molecule has 1 fully saturated rings. The molecule has 1 aliphatic heterocycles. The number of carbonyl (C=O) groups excluding carboxylic acids is 1. The van der Waals surface area contributed by atoms with Gasteiger partial charge in [-0.2, -0.15) is 0 Å². The number of carboxylic acid groups (broad SMARTS) is 1. The Kier molecular flexibility index (Phi) is 3.89. The van der Waals surface area contributed by atoms with Crippen LogP contribution in [0.15, 0.2) is 22.8 Å². The fraction of sp³-hybridized carbons (Fsp3) is 0.462. The molecule has 2 rings (SSSR count). The molecule has 6 heteroatoms. The Labute approximate surface area is 119 Å². The summed E-state index contributed by atoms with van der Waals surface area (Å²) in [4.78, 5) is 29.2. The van der Waals surface area contributed by atoms with E-state index in [0.29, 0.717) is 36.1 Å². The van der Waals surface area contributed by atoms with Gasteiger partial charge in [0.25, 0.3) is 5.91 Å². The molecule has 0 bridgehead atoms. The molecule has 102 valence electrons. The second-order valence-electron chi connectivity index (χ2n) is 4.99. The largest absolute Gasteiger partial charge is 0.481 e. The molecule has 0 radical (unpaired) electrons. The number of piperidine rings is 1. The van der Waals surface area contributed by atoms with Crippen molar-refractivity contribution >= 4 is 27.8 Å². The van der Waals surface area contributed by atoms with Gasteiger partial charge in [0.05, 0.1) is 5.41 Å². The highest BCUT2D eigenvalue weighted by molar-refractivity contribution is 9.10. The maximum Gasteiger partial charge on any atom is 0.309 e. The summed E-state index contributed by atoms with van der Waals surface area (Å²) in [5.74, 6) is -0.946. The van der Waals surface area contributed by atoms with Crippen LogP contribution in [-0.4, -0.2) is 40.0 Å². The molecular weight excluding hydrogens is 312 g/mol. The first kappa shape index (κ1) is 14.0. The quantitative estimate of drug-likeness (QED) is 0.904. The number of aliphatic carboxylic acids is 1. The average molecular weight is 327 g/mol. The molecule has 1 aromatic heterocycles. The topological polar surface area (TPSA) is 70.5 Å². The lowest BCUT2D eigenvalue weighted by Crippen LogP contribution is -2.45. The summed E-state index contributed by atoms with van der Waals surface area (Å²) in [6.45, 7) is 2.63. The molecule has 2 heterocycles. The first-order chi connectivity index (χ1) is 8.94. The molecule has 5 nitrogen and oxygen atoms in total. The zero-order valence-electron chi connectivity index (χ0n) is 10.6. The zero-order valence-corrected chi connectivity index (χ0v) is 12.2. The van der Waals surface area contributed by atoms with Gasteiger partial charge in [0, 0.05) is 23.8 Å². The molecule has 19 heavy (non-hydrogen) atoms. The van der Waals surface area contributed by atoms with Gasteiger partial charge in [-0.3, -0.25) is 9.59 Å². The summed E-state index contributed by atoms with van der Waals surface area (Å²) in [5.41, 5.74) is -0.348. The van der Waals surface area contributed by atoms with E-state index >= 15 is 0 Å². The third kappa shape index (κ3) is 2.78. The second kappa shape index (κ2) is 5.28. The highest BCUT2D eigenvalue weighted by Gasteiger charge is 2.38. The molecule has 0 aliphatic carbocycles. The van der Waals surface area contributed by atoms with Gasteiger partial charge in [-0.25, -0.2) is 4.98 Å². The first-order valence-electron chi connectivity index (χ1n) is 6.07. The molecule has 1 amide bonds. The van der Waals surface area contributed by atoms with Gasteiger partial charge >= 0.3 is 5.97 Å². The molecule has 1 aliphatic rings. The summed E-state index contributed by atoms with van der Waals surface area (Å²) in [6.07, 6.45) is 2.51. The number of aromatic nitrogens is 1. The minimum absolute atomic E-state index is 0.153. The predicted molar refractivity (Wildman–Crippen MR) is 72.8 cm³/mol. The number of nitrogens with zero attached hydrogens (tertiary/aromatic N) is 2. The molecule has 1 aromatic rings. The second-order valence-corrected chi connectivity index (χ2v) is 5.85. The van der Waals surface area contributed by atoms with Crippen molar-refractivity contribution in [2.75, 3.05) is 13.1 Å². The Balaban J connectivity index is 2.08. The van der Waals surface area contributed by atoms with E-state index in [1.54, 1.807) is 30.2 Å². The normalized spacial score (nSPS) is 18.1. The van der Waals surface area contributed by atoms with Gasteiger partial charge in [-0.1, -0.05) is 0 Å². The number of amides is 1. The van der Waals surface area contributed by atoms with E-state index in [9.17, 15) is 9.59 Å². The number of halogens is 1. The maximum atomic E-state index is 12.3. The minimum atomic E-state index is -0.793. The van der Waals surface area contributed by atoms with Crippen LogP contribution in [0.5, 0.6) is 0 Å². The van der Waals surface area contributed by atoms with Crippen molar-refractivity contribution in [3.8, 4) is 0 Å². The first-order valence-corrected chi connectivity index (χ1v) is 6.86. The number of hydrogen-bond donors (Lipinski definition) is 1. The summed E-state index contributed by atoms with van der Waals surface area (Å²) < 4.78 is 0.659. The van der Waals surface area contributed by atoms with Crippen molar-refractivity contribution in [3.63, 3.8) is 0 Å². The van der Waals surface area contributed by atoms with E-state index < -0.39 is 11.4 Å². The lowest BCUT2D eigenvalue weighted by Gasteiger charge is -2.36. The highest BCUT2D eigenvalue weighted by Crippen LogP contribution is 2.31. The van der Waals surface area contributed by atoms with E-state index in [2.05, 4.69) is 20.9 Å². The van der Waals surface area contributed by atoms with Gasteiger partial charge in [0.2, 0.25) is 0 Å². The summed E-state index contributed by atoms with van der Waals surface area (Å²) in [7, 11) is 0. The van der Waals surface area contributed by atoms with E-state index in [-0.39, 0.29) is 5.91 Å². The Morgan fingerprint density at radius 2 is 2.05 bits per heavy atom. The van der Waals surface area contributed by atoms with E-state index in [1.165, 1.54) is 0 Å². The number of likely N-dealkylation sites (tertiary alicyclic amines) is 1. The smallest absolute Gasteiger partial charge is 0.309 e. The van der Waals surface area contributed by atoms with Gasteiger partial charge < -0.3 is 10.0 Å². The number of hydrogen-bond acceptors (Lipinski definition) is 3. The van der Waals surface area contributed by atoms with Crippen LogP contribution in [0.2, 0.25) is 0 Å². The van der Waals surface area contributed by atoms with Crippen molar-refractivity contribution in [1.82, 2.24) is 9.88 Å². The van der Waals surface area contributed by atoms with Crippen molar-refractivity contribution < 1.29 is 14.7 Å². The molecule has 0 atom stereocenters. The fourth-order valence-corrected chi connectivity index (χ4v) is 2.53. The Morgan fingerprint density at radius 1 is 1.42 bits per heavy atom. The number of rotatable bonds is 2. The Morgan fingerprint density at radius 3 is 2.58 bits per heavy atom. The molecule has 0 unspecified atom stereocenters.